The number of rotatable bonds is 1. The summed E-state index contributed by atoms with van der Waals surface area (Å²) in [6.07, 6.45) is 2.01. The van der Waals surface area contributed by atoms with Crippen LogP contribution in [-0.2, 0) is 0 Å². The number of aromatic nitrogens is 3. The zero-order valence-corrected chi connectivity index (χ0v) is 15.6. The summed E-state index contributed by atoms with van der Waals surface area (Å²) in [4.78, 5) is 9.36. The van der Waals surface area contributed by atoms with Crippen molar-refractivity contribution < 1.29 is 4.42 Å². The summed E-state index contributed by atoms with van der Waals surface area (Å²) in [6, 6.07) is 19.9. The molecule has 0 N–H and O–H groups in total. The first-order chi connectivity index (χ1) is 13.7. The lowest BCUT2D eigenvalue weighted by molar-refractivity contribution is 0.601. The van der Waals surface area contributed by atoms with Gasteiger partial charge in [-0.3, -0.25) is 4.40 Å². The van der Waals surface area contributed by atoms with Crippen molar-refractivity contribution in [2.24, 2.45) is 0 Å². The molecular formula is C24H17N3O. The van der Waals surface area contributed by atoms with E-state index in [2.05, 4.69) is 32.3 Å². The quantitative estimate of drug-likeness (QED) is 0.386. The second-order valence-corrected chi connectivity index (χ2v) is 6.72. The molecule has 0 spiro atoms. The first-order valence-corrected chi connectivity index (χ1v) is 9.11. The highest BCUT2D eigenvalue weighted by Crippen LogP contribution is 2.27. The molecule has 0 aliphatic heterocycles. The molecular weight excluding hydrogens is 346 g/mol. The maximum atomic E-state index is 5.83. The van der Waals surface area contributed by atoms with Crippen LogP contribution < -0.4 is 0 Å². The minimum atomic E-state index is 0.630. The van der Waals surface area contributed by atoms with Crippen LogP contribution in [0.3, 0.4) is 0 Å². The van der Waals surface area contributed by atoms with E-state index in [-0.39, 0.29) is 0 Å². The summed E-state index contributed by atoms with van der Waals surface area (Å²) >= 11 is 0. The van der Waals surface area contributed by atoms with Crippen LogP contribution in [0, 0.1) is 25.7 Å². The Kier molecular flexibility index (Phi) is 3.73. The van der Waals surface area contributed by atoms with Crippen molar-refractivity contribution in [2.75, 3.05) is 0 Å². The van der Waals surface area contributed by atoms with Gasteiger partial charge in [0.15, 0.2) is 5.76 Å². The fraction of sp³-hybridized carbons (Fsp3) is 0.0833. The van der Waals surface area contributed by atoms with Crippen LogP contribution >= 0.6 is 0 Å². The molecule has 4 heterocycles. The van der Waals surface area contributed by atoms with Crippen LogP contribution in [0.25, 0.3) is 27.9 Å². The van der Waals surface area contributed by atoms with E-state index in [4.69, 9.17) is 4.42 Å². The number of benzene rings is 1. The van der Waals surface area contributed by atoms with E-state index in [1.165, 1.54) is 0 Å². The first-order valence-electron chi connectivity index (χ1n) is 9.11. The largest absolute Gasteiger partial charge is 0.448 e. The van der Waals surface area contributed by atoms with Gasteiger partial charge in [-0.05, 0) is 56.0 Å². The molecule has 0 saturated carbocycles. The Balaban J connectivity index is 1.67. The molecule has 5 rings (SSSR count). The van der Waals surface area contributed by atoms with Crippen molar-refractivity contribution >= 4 is 16.6 Å². The summed E-state index contributed by atoms with van der Waals surface area (Å²) in [7, 11) is 0. The fourth-order valence-corrected chi connectivity index (χ4v) is 3.45. The molecule has 0 atom stereocenters. The van der Waals surface area contributed by atoms with E-state index in [0.717, 1.165) is 39.3 Å². The molecule has 0 unspecified atom stereocenters. The molecule has 0 radical (unpaired) electrons. The number of furan rings is 1. The summed E-state index contributed by atoms with van der Waals surface area (Å²) < 4.78 is 7.90. The maximum Gasteiger partial charge on any atom is 0.178 e. The van der Waals surface area contributed by atoms with Crippen LogP contribution in [0.4, 0.5) is 0 Å². The zero-order valence-electron chi connectivity index (χ0n) is 15.6. The zero-order chi connectivity index (χ0) is 19.1. The Morgan fingerprint density at radius 1 is 0.893 bits per heavy atom. The average molecular weight is 363 g/mol. The number of aryl methyl sites for hydroxylation is 2. The Labute approximate surface area is 162 Å². The number of hydrogen-bond acceptors (Lipinski definition) is 3. The highest BCUT2D eigenvalue weighted by molar-refractivity contribution is 5.79. The molecule has 4 aromatic heterocycles. The Morgan fingerprint density at radius 2 is 1.75 bits per heavy atom. The summed E-state index contributed by atoms with van der Waals surface area (Å²) in [5, 5.41) is 1.04. The van der Waals surface area contributed by atoms with Crippen LogP contribution in [0.15, 0.2) is 71.3 Å². The first kappa shape index (κ1) is 16.3. The molecule has 0 aliphatic rings. The third-order valence-electron chi connectivity index (χ3n) is 4.72. The van der Waals surface area contributed by atoms with Gasteiger partial charge in [0.2, 0.25) is 0 Å². The van der Waals surface area contributed by atoms with E-state index in [1.54, 1.807) is 0 Å². The second-order valence-electron chi connectivity index (χ2n) is 6.72. The van der Waals surface area contributed by atoms with Gasteiger partial charge in [-0.2, -0.15) is 0 Å². The van der Waals surface area contributed by atoms with Gasteiger partial charge in [0.05, 0.1) is 11.4 Å². The number of imidazole rings is 1. The van der Waals surface area contributed by atoms with E-state index in [1.807, 2.05) is 74.6 Å². The number of nitrogens with zero attached hydrogens (tertiary/aromatic N) is 3. The molecule has 0 saturated heterocycles. The van der Waals surface area contributed by atoms with Gasteiger partial charge < -0.3 is 4.42 Å². The van der Waals surface area contributed by atoms with Crippen molar-refractivity contribution in [3.63, 3.8) is 0 Å². The van der Waals surface area contributed by atoms with Crippen molar-refractivity contribution in [1.82, 2.24) is 14.4 Å². The smallest absolute Gasteiger partial charge is 0.178 e. The summed E-state index contributed by atoms with van der Waals surface area (Å²) in [5.74, 6) is 6.98. The lowest BCUT2D eigenvalue weighted by Gasteiger charge is -2.06. The summed E-state index contributed by atoms with van der Waals surface area (Å²) in [6.45, 7) is 3.98. The third kappa shape index (κ3) is 2.74. The lowest BCUT2D eigenvalue weighted by Crippen LogP contribution is -1.96. The average Bonchev–Trinajstić information content (AvgIpc) is 3.26. The number of hydrogen-bond donors (Lipinski definition) is 0. The van der Waals surface area contributed by atoms with Crippen molar-refractivity contribution in [2.45, 2.75) is 13.8 Å². The predicted octanol–water partition coefficient (Wildman–Crippen LogP) is 5.16. The molecule has 0 bridgehead atoms. The van der Waals surface area contributed by atoms with Crippen molar-refractivity contribution in [3.8, 4) is 23.1 Å². The Bertz CT molecular complexity index is 1360. The van der Waals surface area contributed by atoms with Gasteiger partial charge >= 0.3 is 0 Å². The maximum absolute atomic E-state index is 5.83. The van der Waals surface area contributed by atoms with E-state index in [0.29, 0.717) is 11.5 Å². The van der Waals surface area contributed by atoms with Crippen molar-refractivity contribution in [3.05, 3.63) is 89.7 Å². The van der Waals surface area contributed by atoms with Gasteiger partial charge in [0.1, 0.15) is 16.9 Å². The Hall–Kier alpha value is -3.84. The van der Waals surface area contributed by atoms with E-state index >= 15 is 0 Å². The summed E-state index contributed by atoms with van der Waals surface area (Å²) in [5.41, 5.74) is 6.30. The SMILES string of the molecule is Cc1ccc(-c2c(C)nc3ccccn23)c(C#Cc2cc3ccccc3o2)n1. The van der Waals surface area contributed by atoms with Gasteiger partial charge in [-0.15, -0.1) is 0 Å². The van der Waals surface area contributed by atoms with Gasteiger partial charge in [0.25, 0.3) is 0 Å². The molecule has 4 nitrogen and oxygen atoms in total. The monoisotopic (exact) mass is 363 g/mol. The van der Waals surface area contributed by atoms with Gasteiger partial charge in [0, 0.05) is 28.9 Å². The predicted molar refractivity (Wildman–Crippen MR) is 110 cm³/mol. The number of pyridine rings is 2. The van der Waals surface area contributed by atoms with E-state index < -0.39 is 0 Å². The van der Waals surface area contributed by atoms with Gasteiger partial charge in [-0.1, -0.05) is 24.3 Å². The van der Waals surface area contributed by atoms with Crippen LogP contribution in [0.1, 0.15) is 22.8 Å². The molecule has 134 valence electrons. The second kappa shape index (κ2) is 6.40. The molecule has 4 heteroatoms. The van der Waals surface area contributed by atoms with Crippen LogP contribution in [0.5, 0.6) is 0 Å². The topological polar surface area (TPSA) is 43.3 Å². The minimum Gasteiger partial charge on any atom is -0.448 e. The molecule has 0 aliphatic carbocycles. The molecule has 0 fully saturated rings. The lowest BCUT2D eigenvalue weighted by atomic mass is 10.1. The molecule has 5 aromatic rings. The fourth-order valence-electron chi connectivity index (χ4n) is 3.45. The Morgan fingerprint density at radius 3 is 2.64 bits per heavy atom. The third-order valence-corrected chi connectivity index (χ3v) is 4.72. The highest BCUT2D eigenvalue weighted by Gasteiger charge is 2.14. The standard InChI is InChI=1S/C24H17N3O/c1-16-10-12-20(24-17(2)26-23-9-5-6-14-27(23)24)21(25-16)13-11-19-15-18-7-3-4-8-22(18)28-19/h3-10,12,14-15H,1-2H3. The van der Waals surface area contributed by atoms with Crippen LogP contribution in [0.2, 0.25) is 0 Å². The number of fused-ring (bicyclic) bond motifs is 2. The molecule has 0 amide bonds. The molecule has 28 heavy (non-hydrogen) atoms. The van der Waals surface area contributed by atoms with Crippen molar-refractivity contribution in [1.29, 1.82) is 0 Å². The highest BCUT2D eigenvalue weighted by atomic mass is 16.3. The van der Waals surface area contributed by atoms with E-state index in [9.17, 15) is 0 Å². The number of para-hydroxylation sites is 1. The normalized spacial score (nSPS) is 10.9. The van der Waals surface area contributed by atoms with Crippen LogP contribution in [-0.4, -0.2) is 14.4 Å². The molecule has 1 aromatic carbocycles. The minimum absolute atomic E-state index is 0.630. The van der Waals surface area contributed by atoms with Gasteiger partial charge in [-0.25, -0.2) is 9.97 Å².